The van der Waals surface area contributed by atoms with Crippen molar-refractivity contribution in [3.05, 3.63) is 65.2 Å². The molecule has 48 heavy (non-hydrogen) atoms. The van der Waals surface area contributed by atoms with E-state index in [-0.39, 0.29) is 37.9 Å². The zero-order valence-electron chi connectivity index (χ0n) is 29.8. The number of unbranched alkanes of at least 4 members (excludes halogenated alkanes) is 2. The summed E-state index contributed by atoms with van der Waals surface area (Å²) in [6, 6.07) is 15.1. The number of nitrogens with one attached hydrogen (secondary N) is 2. The fraction of sp³-hybridized carbons (Fsp3) is 0.541. The zero-order valence-corrected chi connectivity index (χ0v) is 29.8. The highest BCUT2D eigenvalue weighted by Gasteiger charge is 2.38. The van der Waals surface area contributed by atoms with Gasteiger partial charge in [0.15, 0.2) is 0 Å². The molecule has 1 heterocycles. The van der Waals surface area contributed by atoms with E-state index < -0.39 is 11.3 Å². The lowest BCUT2D eigenvalue weighted by molar-refractivity contribution is -0.130. The van der Waals surface area contributed by atoms with Crippen LogP contribution < -0.4 is 27.1 Å². The smallest absolute Gasteiger partial charge is 0.293 e. The average Bonchev–Trinajstić information content (AvgIpc) is 3.07. The number of nitrogens with zero attached hydrogens (tertiary/aromatic N) is 2. The summed E-state index contributed by atoms with van der Waals surface area (Å²) >= 11 is 0. The molecule has 0 spiro atoms. The summed E-state index contributed by atoms with van der Waals surface area (Å²) in [6.45, 7) is 13.7. The molecule has 0 radical (unpaired) electrons. The molecule has 0 aromatic heterocycles. The topological polar surface area (TPSA) is 152 Å². The summed E-state index contributed by atoms with van der Waals surface area (Å²) in [4.78, 5) is 39.4. The van der Waals surface area contributed by atoms with Gasteiger partial charge in [0.2, 0.25) is 11.8 Å². The fourth-order valence-electron chi connectivity index (χ4n) is 5.43. The number of amides is 2. The number of fused-ring (bicyclic) bond motifs is 2. The van der Waals surface area contributed by atoms with Crippen LogP contribution in [0.25, 0.3) is 11.4 Å². The molecule has 1 aliphatic heterocycles. The van der Waals surface area contributed by atoms with Gasteiger partial charge >= 0.3 is 0 Å². The van der Waals surface area contributed by atoms with E-state index in [1.54, 1.807) is 4.90 Å². The number of carbonyl (C=O) groups is 3. The number of carbonyl (C=O) groups excluding carboxylic acids is 3. The maximum atomic E-state index is 14.2. The highest BCUT2D eigenvalue weighted by atomic mass is 16.5. The van der Waals surface area contributed by atoms with Crippen molar-refractivity contribution in [2.75, 3.05) is 51.4 Å². The SMILES string of the molecule is CCCCCNC.CCCOCCNC(=O)CC(C)(C)C(C)C(=O)N1Cc2ccccc2/C(N(N)CCOC=O)=C(/N)c2ccccc21. The number of benzene rings is 2. The minimum Gasteiger partial charge on any atom is -0.466 e. The van der Waals surface area contributed by atoms with Crippen molar-refractivity contribution in [2.45, 2.75) is 73.3 Å². The Morgan fingerprint density at radius 1 is 1.00 bits per heavy atom. The predicted octanol–water partition coefficient (Wildman–Crippen LogP) is 4.66. The molecular formula is C37H58N6O5. The summed E-state index contributed by atoms with van der Waals surface area (Å²) in [6.07, 6.45) is 5.13. The van der Waals surface area contributed by atoms with Gasteiger partial charge in [-0.05, 0) is 43.5 Å². The van der Waals surface area contributed by atoms with E-state index in [0.717, 1.165) is 17.5 Å². The van der Waals surface area contributed by atoms with Crippen LogP contribution in [0.4, 0.5) is 5.69 Å². The monoisotopic (exact) mass is 666 g/mol. The van der Waals surface area contributed by atoms with E-state index in [1.807, 2.05) is 83.3 Å². The second-order valence-corrected chi connectivity index (χ2v) is 12.7. The van der Waals surface area contributed by atoms with E-state index in [0.29, 0.717) is 48.9 Å². The molecule has 266 valence electrons. The molecule has 1 atom stereocenters. The second kappa shape index (κ2) is 21.1. The summed E-state index contributed by atoms with van der Waals surface area (Å²) in [5.41, 5.74) is 10.1. The van der Waals surface area contributed by atoms with Crippen LogP contribution in [0.15, 0.2) is 48.5 Å². The highest BCUT2D eigenvalue weighted by molar-refractivity contribution is 6.02. The van der Waals surface area contributed by atoms with Crippen LogP contribution in [-0.4, -0.2) is 69.8 Å². The third-order valence-corrected chi connectivity index (χ3v) is 8.52. The molecule has 2 amide bonds. The van der Waals surface area contributed by atoms with Gasteiger partial charge in [-0.1, -0.05) is 89.9 Å². The van der Waals surface area contributed by atoms with Gasteiger partial charge in [0.05, 0.1) is 36.8 Å². The first-order chi connectivity index (χ1) is 23.0. The lowest BCUT2D eigenvalue weighted by atomic mass is 9.76. The number of ether oxygens (including phenoxy) is 2. The van der Waals surface area contributed by atoms with E-state index in [9.17, 15) is 14.4 Å². The van der Waals surface area contributed by atoms with Gasteiger partial charge in [0.1, 0.15) is 6.61 Å². The van der Waals surface area contributed by atoms with Crippen molar-refractivity contribution in [1.29, 1.82) is 0 Å². The Morgan fingerprint density at radius 3 is 2.35 bits per heavy atom. The first kappa shape index (κ1) is 40.2. The lowest BCUT2D eigenvalue weighted by Crippen LogP contribution is -2.44. The number of hydrazine groups is 1. The van der Waals surface area contributed by atoms with Crippen molar-refractivity contribution in [3.8, 4) is 0 Å². The first-order valence-electron chi connectivity index (χ1n) is 17.1. The molecule has 11 nitrogen and oxygen atoms in total. The summed E-state index contributed by atoms with van der Waals surface area (Å²) in [7, 11) is 2.00. The van der Waals surface area contributed by atoms with Gasteiger partial charge in [-0.3, -0.25) is 14.4 Å². The van der Waals surface area contributed by atoms with Crippen LogP contribution in [0, 0.1) is 11.3 Å². The van der Waals surface area contributed by atoms with E-state index in [1.165, 1.54) is 30.8 Å². The van der Waals surface area contributed by atoms with Crippen molar-refractivity contribution < 1.29 is 23.9 Å². The lowest BCUT2D eigenvalue weighted by Gasteiger charge is -2.37. The van der Waals surface area contributed by atoms with E-state index >= 15 is 0 Å². The quantitative estimate of drug-likeness (QED) is 0.0771. The summed E-state index contributed by atoms with van der Waals surface area (Å²) in [5.74, 6) is 5.73. The van der Waals surface area contributed by atoms with Gasteiger partial charge in [0, 0.05) is 36.6 Å². The normalized spacial score (nSPS) is 14.7. The van der Waals surface area contributed by atoms with Crippen molar-refractivity contribution >= 4 is 35.4 Å². The second-order valence-electron chi connectivity index (χ2n) is 12.7. The van der Waals surface area contributed by atoms with Gasteiger partial charge in [-0.2, -0.15) is 0 Å². The molecule has 0 saturated carbocycles. The molecule has 1 aliphatic rings. The largest absolute Gasteiger partial charge is 0.466 e. The standard InChI is InChI=1S/C31H43N5O5.C6H15N/c1-5-16-40-17-14-34-27(38)19-31(3,4)22(2)30(39)35-20-23-10-6-7-11-24(23)29(36(33)15-18-41-21-37)28(32)25-12-8-9-13-26(25)35;1-3-4-5-6-7-2/h6-13,21-22H,5,14-20,32-33H2,1-4H3,(H,34,38);7H,3-6H2,1-2H3/b29-28-;. The van der Waals surface area contributed by atoms with Crippen LogP contribution in [0.2, 0.25) is 0 Å². The van der Waals surface area contributed by atoms with Crippen LogP contribution in [0.1, 0.15) is 83.4 Å². The Kier molecular flexibility index (Phi) is 17.7. The summed E-state index contributed by atoms with van der Waals surface area (Å²) in [5, 5.41) is 7.48. The van der Waals surface area contributed by atoms with E-state index in [2.05, 4.69) is 17.6 Å². The van der Waals surface area contributed by atoms with Crippen LogP contribution in [0.3, 0.4) is 0 Å². The summed E-state index contributed by atoms with van der Waals surface area (Å²) < 4.78 is 10.3. The molecule has 11 heteroatoms. The number of para-hydroxylation sites is 1. The third kappa shape index (κ3) is 11.9. The van der Waals surface area contributed by atoms with Crippen LogP contribution in [-0.2, 0) is 30.4 Å². The Hall–Kier alpha value is -3.93. The number of hydrogen-bond donors (Lipinski definition) is 4. The first-order valence-corrected chi connectivity index (χ1v) is 17.1. The Balaban J connectivity index is 0.00000103. The Bertz CT molecular complexity index is 1330. The highest BCUT2D eigenvalue weighted by Crippen LogP contribution is 2.39. The van der Waals surface area contributed by atoms with E-state index in [4.69, 9.17) is 21.1 Å². The molecule has 0 aliphatic carbocycles. The molecule has 0 saturated heterocycles. The molecule has 6 N–H and O–H groups in total. The van der Waals surface area contributed by atoms with Crippen molar-refractivity contribution in [1.82, 2.24) is 15.6 Å². The van der Waals surface area contributed by atoms with Crippen LogP contribution in [0.5, 0.6) is 0 Å². The van der Waals surface area contributed by atoms with Crippen molar-refractivity contribution in [3.63, 3.8) is 0 Å². The molecule has 1 unspecified atom stereocenters. The maximum Gasteiger partial charge on any atom is 0.293 e. The molecule has 2 aromatic rings. The molecular weight excluding hydrogens is 608 g/mol. The van der Waals surface area contributed by atoms with Gasteiger partial charge in [-0.15, -0.1) is 0 Å². The number of nitrogens with two attached hydrogens (primary N) is 2. The van der Waals surface area contributed by atoms with Gasteiger partial charge < -0.3 is 35.7 Å². The molecule has 2 aromatic carbocycles. The van der Waals surface area contributed by atoms with Gasteiger partial charge in [0.25, 0.3) is 6.47 Å². The number of hydrogen-bond acceptors (Lipinski definition) is 9. The fourth-order valence-corrected chi connectivity index (χ4v) is 5.43. The number of anilines is 1. The van der Waals surface area contributed by atoms with Crippen molar-refractivity contribution in [2.24, 2.45) is 22.9 Å². The Morgan fingerprint density at radius 2 is 1.69 bits per heavy atom. The zero-order chi connectivity index (χ0) is 35.5. The maximum absolute atomic E-state index is 14.2. The minimum absolute atomic E-state index is 0.0944. The molecule has 0 fully saturated rings. The molecule has 3 rings (SSSR count). The minimum atomic E-state index is -0.624. The predicted molar refractivity (Wildman–Crippen MR) is 193 cm³/mol. The third-order valence-electron chi connectivity index (χ3n) is 8.52. The van der Waals surface area contributed by atoms with Gasteiger partial charge in [-0.25, -0.2) is 5.84 Å². The number of rotatable bonds is 18. The average molecular weight is 667 g/mol. The molecule has 0 bridgehead atoms. The Labute approximate surface area is 287 Å². The van der Waals surface area contributed by atoms with Crippen LogP contribution >= 0.6 is 0 Å².